The Morgan fingerprint density at radius 1 is 1.34 bits per heavy atom. The first kappa shape index (κ1) is 20.5. The second kappa shape index (κ2) is 8.19. The van der Waals surface area contributed by atoms with Gasteiger partial charge >= 0.3 is 0 Å². The Bertz CT molecular complexity index is 1020. The summed E-state index contributed by atoms with van der Waals surface area (Å²) in [5, 5.41) is 4.91. The first-order chi connectivity index (χ1) is 13.8. The minimum Gasteiger partial charge on any atom is -0.376 e. The van der Waals surface area contributed by atoms with Gasteiger partial charge in [-0.2, -0.15) is 4.98 Å². The zero-order valence-electron chi connectivity index (χ0n) is 16.6. The largest absolute Gasteiger partial charge is 0.376 e. The Morgan fingerprint density at radius 2 is 2.17 bits per heavy atom. The van der Waals surface area contributed by atoms with Crippen molar-refractivity contribution in [2.45, 2.75) is 50.4 Å². The topological polar surface area (TPSA) is 107 Å². The van der Waals surface area contributed by atoms with Gasteiger partial charge in [0.25, 0.3) is 5.78 Å². The Labute approximate surface area is 174 Å². The lowest BCUT2D eigenvalue weighted by Crippen LogP contribution is -2.46. The minimum atomic E-state index is -3.08. The fourth-order valence-corrected chi connectivity index (χ4v) is 6.34. The van der Waals surface area contributed by atoms with Gasteiger partial charge in [0.1, 0.15) is 0 Å². The normalized spacial score (nSPS) is 23.7. The van der Waals surface area contributed by atoms with E-state index in [0.717, 1.165) is 24.2 Å². The number of nitrogens with zero attached hydrogens (tertiary/aromatic N) is 5. The van der Waals surface area contributed by atoms with Crippen molar-refractivity contribution in [2.75, 3.05) is 30.4 Å². The second-order valence-electron chi connectivity index (χ2n) is 7.67. The smallest absolute Gasteiger partial charge is 0.253 e. The van der Waals surface area contributed by atoms with Crippen molar-refractivity contribution in [3.05, 3.63) is 17.5 Å². The Balaban J connectivity index is 1.46. The number of aromatic nitrogens is 4. The summed E-state index contributed by atoms with van der Waals surface area (Å²) < 4.78 is 31.2. The van der Waals surface area contributed by atoms with Gasteiger partial charge in [0.15, 0.2) is 9.84 Å². The summed E-state index contributed by atoms with van der Waals surface area (Å²) in [6, 6.07) is 1.64. The summed E-state index contributed by atoms with van der Waals surface area (Å²) in [7, 11) is -3.08. The Kier molecular flexibility index (Phi) is 5.80. The molecule has 2 aliphatic rings. The standard InChI is InChI=1S/C18H25N5O4S2/c1-12-8-13(2)23-17(19-12)20-18(21-23)28-10-16(24)22(9-15-4-3-6-27-15)14-5-7-29(25,26)11-14/h8,14-15H,3-7,9-11H2,1-2H3/t14-,15-/m0/s1. The molecular formula is C18H25N5O4S2. The molecule has 0 unspecified atom stereocenters. The van der Waals surface area contributed by atoms with Crippen molar-refractivity contribution in [2.24, 2.45) is 0 Å². The summed E-state index contributed by atoms with van der Waals surface area (Å²) in [6.07, 6.45) is 2.34. The number of thioether (sulfide) groups is 1. The molecular weight excluding hydrogens is 414 g/mol. The molecule has 2 fully saturated rings. The molecule has 11 heteroatoms. The van der Waals surface area contributed by atoms with E-state index in [9.17, 15) is 13.2 Å². The number of fused-ring (bicyclic) bond motifs is 1. The number of carbonyl (C=O) groups excluding carboxylic acids is 1. The molecule has 0 spiro atoms. The summed E-state index contributed by atoms with van der Waals surface area (Å²) in [6.45, 7) is 4.97. The predicted octanol–water partition coefficient (Wildman–Crippen LogP) is 1.03. The van der Waals surface area contributed by atoms with Crippen LogP contribution in [-0.4, -0.2) is 81.4 Å². The molecule has 2 atom stereocenters. The third-order valence-electron chi connectivity index (χ3n) is 5.32. The van der Waals surface area contributed by atoms with E-state index in [2.05, 4.69) is 15.1 Å². The highest BCUT2D eigenvalue weighted by Gasteiger charge is 2.36. The predicted molar refractivity (Wildman–Crippen MR) is 109 cm³/mol. The minimum absolute atomic E-state index is 0.0182. The fraction of sp³-hybridized carbons (Fsp3) is 0.667. The van der Waals surface area contributed by atoms with Gasteiger partial charge in [0.05, 0.1) is 23.4 Å². The molecule has 0 bridgehead atoms. The van der Waals surface area contributed by atoms with Crippen LogP contribution in [0.1, 0.15) is 30.7 Å². The van der Waals surface area contributed by atoms with Crippen LogP contribution in [0.15, 0.2) is 11.2 Å². The summed E-state index contributed by atoms with van der Waals surface area (Å²) in [5.41, 5.74) is 1.79. The van der Waals surface area contributed by atoms with Crippen LogP contribution >= 0.6 is 11.8 Å². The van der Waals surface area contributed by atoms with Gasteiger partial charge in [0, 0.05) is 30.6 Å². The second-order valence-corrected chi connectivity index (χ2v) is 10.8. The van der Waals surface area contributed by atoms with Gasteiger partial charge in [-0.15, -0.1) is 5.10 Å². The van der Waals surface area contributed by atoms with Crippen LogP contribution in [0.2, 0.25) is 0 Å². The number of aryl methyl sites for hydroxylation is 2. The van der Waals surface area contributed by atoms with Gasteiger partial charge in [-0.1, -0.05) is 11.8 Å². The highest BCUT2D eigenvalue weighted by molar-refractivity contribution is 7.99. The van der Waals surface area contributed by atoms with Crippen molar-refractivity contribution < 1.29 is 17.9 Å². The summed E-state index contributed by atoms with van der Waals surface area (Å²) >= 11 is 1.25. The van der Waals surface area contributed by atoms with Crippen molar-refractivity contribution in [3.63, 3.8) is 0 Å². The summed E-state index contributed by atoms with van der Waals surface area (Å²) in [4.78, 5) is 23.5. The maximum Gasteiger partial charge on any atom is 0.253 e. The molecule has 0 aromatic carbocycles. The Hall–Kier alpha value is -1.72. The van der Waals surface area contributed by atoms with E-state index in [0.29, 0.717) is 30.5 Å². The molecule has 2 aromatic heterocycles. The van der Waals surface area contributed by atoms with E-state index in [4.69, 9.17) is 4.74 Å². The fourth-order valence-electron chi connectivity index (χ4n) is 3.90. The van der Waals surface area contributed by atoms with E-state index in [1.165, 1.54) is 11.8 Å². The third-order valence-corrected chi connectivity index (χ3v) is 7.89. The van der Waals surface area contributed by atoms with Crippen LogP contribution in [0.25, 0.3) is 5.78 Å². The highest BCUT2D eigenvalue weighted by Crippen LogP contribution is 2.23. The molecule has 0 N–H and O–H groups in total. The molecule has 2 aliphatic heterocycles. The van der Waals surface area contributed by atoms with E-state index < -0.39 is 9.84 Å². The monoisotopic (exact) mass is 439 g/mol. The average Bonchev–Trinajstić information content (AvgIpc) is 3.37. The molecule has 2 aromatic rings. The van der Waals surface area contributed by atoms with Gasteiger partial charge in [0.2, 0.25) is 11.1 Å². The lowest BCUT2D eigenvalue weighted by Gasteiger charge is -2.30. The first-order valence-electron chi connectivity index (χ1n) is 9.76. The van der Waals surface area contributed by atoms with Crippen molar-refractivity contribution in [1.82, 2.24) is 24.5 Å². The van der Waals surface area contributed by atoms with Gasteiger partial charge in [-0.25, -0.2) is 17.9 Å². The van der Waals surface area contributed by atoms with Crippen molar-refractivity contribution >= 4 is 33.3 Å². The molecule has 2 saturated heterocycles. The van der Waals surface area contributed by atoms with Gasteiger partial charge < -0.3 is 9.64 Å². The molecule has 0 saturated carbocycles. The van der Waals surface area contributed by atoms with Crippen LogP contribution in [0.4, 0.5) is 0 Å². The van der Waals surface area contributed by atoms with Crippen LogP contribution in [0.3, 0.4) is 0 Å². The van der Waals surface area contributed by atoms with Crippen LogP contribution in [-0.2, 0) is 19.4 Å². The molecule has 1 amide bonds. The molecule has 9 nitrogen and oxygen atoms in total. The molecule has 4 rings (SSSR count). The average molecular weight is 440 g/mol. The van der Waals surface area contributed by atoms with Crippen LogP contribution in [0, 0.1) is 13.8 Å². The van der Waals surface area contributed by atoms with Crippen molar-refractivity contribution in [3.8, 4) is 0 Å². The van der Waals surface area contributed by atoms with Gasteiger partial charge in [-0.05, 0) is 39.2 Å². The molecule has 29 heavy (non-hydrogen) atoms. The van der Waals surface area contributed by atoms with Crippen LogP contribution in [0.5, 0.6) is 0 Å². The number of sulfone groups is 1. The number of rotatable bonds is 6. The number of carbonyl (C=O) groups is 1. The number of ether oxygens (including phenoxy) is 1. The SMILES string of the molecule is Cc1cc(C)n2nc(SCC(=O)N(C[C@@H]3CCCO3)[C@H]3CCS(=O)(=O)C3)nc2n1. The zero-order valence-corrected chi connectivity index (χ0v) is 18.2. The number of hydrogen-bond donors (Lipinski definition) is 0. The van der Waals surface area contributed by atoms with Gasteiger partial charge in [-0.3, -0.25) is 4.79 Å². The molecule has 0 radical (unpaired) electrons. The van der Waals surface area contributed by atoms with Crippen LogP contribution < -0.4 is 0 Å². The zero-order chi connectivity index (χ0) is 20.6. The lowest BCUT2D eigenvalue weighted by atomic mass is 10.1. The van der Waals surface area contributed by atoms with E-state index >= 15 is 0 Å². The highest BCUT2D eigenvalue weighted by atomic mass is 32.2. The number of hydrogen-bond acceptors (Lipinski definition) is 8. The van der Waals surface area contributed by atoms with E-state index in [-0.39, 0.29) is 35.3 Å². The maximum atomic E-state index is 13.0. The first-order valence-corrected chi connectivity index (χ1v) is 12.6. The molecule has 0 aliphatic carbocycles. The van der Waals surface area contributed by atoms with Crippen molar-refractivity contribution in [1.29, 1.82) is 0 Å². The number of amides is 1. The maximum absolute atomic E-state index is 13.0. The molecule has 158 valence electrons. The Morgan fingerprint density at radius 3 is 2.86 bits per heavy atom. The van der Waals surface area contributed by atoms with E-state index in [1.54, 1.807) is 9.42 Å². The molecule has 4 heterocycles. The summed E-state index contributed by atoms with van der Waals surface area (Å²) in [5.74, 6) is 0.727. The van der Waals surface area contributed by atoms with E-state index in [1.807, 2.05) is 19.9 Å². The lowest BCUT2D eigenvalue weighted by molar-refractivity contribution is -0.131. The quantitative estimate of drug-likeness (QED) is 0.614. The third kappa shape index (κ3) is 4.72.